The fraction of sp³-hybridized carbons (Fsp3) is 0.350. The zero-order valence-corrected chi connectivity index (χ0v) is 15.2. The lowest BCUT2D eigenvalue weighted by Gasteiger charge is -2.30. The van der Waals surface area contributed by atoms with Crippen molar-refractivity contribution < 1.29 is 9.59 Å². The number of nitrogens with one attached hydrogen (secondary N) is 2. The highest BCUT2D eigenvalue weighted by Crippen LogP contribution is 2.21. The van der Waals surface area contributed by atoms with E-state index in [-0.39, 0.29) is 11.8 Å². The summed E-state index contributed by atoms with van der Waals surface area (Å²) < 4.78 is 0. The van der Waals surface area contributed by atoms with E-state index in [1.54, 1.807) is 18.3 Å². The molecule has 2 amide bonds. The summed E-state index contributed by atoms with van der Waals surface area (Å²) in [6, 6.07) is 11.0. The minimum absolute atomic E-state index is 0.0450. The van der Waals surface area contributed by atoms with Gasteiger partial charge in [0.1, 0.15) is 5.82 Å². The second-order valence-corrected chi connectivity index (χ2v) is 6.79. The van der Waals surface area contributed by atoms with Gasteiger partial charge in [-0.25, -0.2) is 4.98 Å². The molecular formula is C20H24N4O2. The fourth-order valence-corrected chi connectivity index (χ4v) is 3.01. The monoisotopic (exact) mass is 352 g/mol. The van der Waals surface area contributed by atoms with Crippen LogP contribution in [0.3, 0.4) is 0 Å². The molecule has 2 heterocycles. The Morgan fingerprint density at radius 2 is 1.85 bits per heavy atom. The van der Waals surface area contributed by atoms with Crippen LogP contribution in [0.15, 0.2) is 42.6 Å². The maximum absolute atomic E-state index is 12.5. The molecule has 0 radical (unpaired) electrons. The quantitative estimate of drug-likeness (QED) is 0.881. The molecule has 26 heavy (non-hydrogen) atoms. The van der Waals surface area contributed by atoms with E-state index in [1.165, 1.54) is 6.92 Å². The van der Waals surface area contributed by atoms with Crippen LogP contribution < -0.4 is 10.6 Å². The summed E-state index contributed by atoms with van der Waals surface area (Å²) in [6.45, 7) is 5.33. The van der Waals surface area contributed by atoms with E-state index in [0.717, 1.165) is 31.6 Å². The van der Waals surface area contributed by atoms with Gasteiger partial charge >= 0.3 is 0 Å². The first kappa shape index (κ1) is 17.9. The third kappa shape index (κ3) is 4.59. The molecule has 0 bridgehead atoms. The number of benzene rings is 1. The van der Waals surface area contributed by atoms with Gasteiger partial charge < -0.3 is 15.5 Å². The Labute approximate surface area is 153 Å². The molecule has 1 aromatic heterocycles. The van der Waals surface area contributed by atoms with Gasteiger partial charge in [-0.2, -0.15) is 0 Å². The number of carbonyl (C=O) groups is 2. The van der Waals surface area contributed by atoms with Crippen molar-refractivity contribution in [1.29, 1.82) is 0 Å². The molecule has 1 aliphatic rings. The number of hydrogen-bond acceptors (Lipinski definition) is 4. The van der Waals surface area contributed by atoms with Crippen molar-refractivity contribution >= 4 is 29.0 Å². The lowest BCUT2D eigenvalue weighted by Crippen LogP contribution is -2.37. The molecule has 2 aromatic rings. The van der Waals surface area contributed by atoms with E-state index < -0.39 is 0 Å². The van der Waals surface area contributed by atoms with Crippen LogP contribution >= 0.6 is 0 Å². The molecule has 136 valence electrons. The first-order valence-corrected chi connectivity index (χ1v) is 8.91. The standard InChI is InChI=1S/C20H24N4O2/c1-14-8-10-24(11-9-14)20(26)16-6-7-19(21-13-16)23-18-5-3-4-17(12-18)22-15(2)25/h3-7,12-14H,8-11H2,1-2H3,(H,21,23)(H,22,25). The summed E-state index contributed by atoms with van der Waals surface area (Å²) in [6.07, 6.45) is 3.73. The molecule has 0 atom stereocenters. The Morgan fingerprint density at radius 3 is 2.50 bits per heavy atom. The molecule has 2 N–H and O–H groups in total. The van der Waals surface area contributed by atoms with Crippen LogP contribution in [0.4, 0.5) is 17.2 Å². The largest absolute Gasteiger partial charge is 0.340 e. The third-order valence-corrected chi connectivity index (χ3v) is 4.54. The molecule has 6 nitrogen and oxygen atoms in total. The molecule has 0 spiro atoms. The van der Waals surface area contributed by atoms with Crippen molar-refractivity contribution in [3.8, 4) is 0 Å². The predicted octanol–water partition coefficient (Wildman–Crippen LogP) is 3.66. The predicted molar refractivity (Wildman–Crippen MR) is 103 cm³/mol. The number of pyridine rings is 1. The van der Waals surface area contributed by atoms with Gasteiger partial charge in [0.25, 0.3) is 5.91 Å². The maximum atomic E-state index is 12.5. The second-order valence-electron chi connectivity index (χ2n) is 6.79. The van der Waals surface area contributed by atoms with Gasteiger partial charge in [-0.05, 0) is 49.1 Å². The molecule has 6 heteroatoms. The van der Waals surface area contributed by atoms with Crippen LogP contribution in [-0.2, 0) is 4.79 Å². The van der Waals surface area contributed by atoms with E-state index >= 15 is 0 Å². The summed E-state index contributed by atoms with van der Waals surface area (Å²) in [5, 5.41) is 5.93. The Morgan fingerprint density at radius 1 is 1.12 bits per heavy atom. The first-order chi connectivity index (χ1) is 12.5. The minimum atomic E-state index is -0.116. The summed E-state index contributed by atoms with van der Waals surface area (Å²) >= 11 is 0. The van der Waals surface area contributed by atoms with Crippen molar-refractivity contribution in [3.05, 3.63) is 48.2 Å². The first-order valence-electron chi connectivity index (χ1n) is 8.91. The number of piperidine rings is 1. The van der Waals surface area contributed by atoms with E-state index in [1.807, 2.05) is 29.2 Å². The van der Waals surface area contributed by atoms with Crippen molar-refractivity contribution in [1.82, 2.24) is 9.88 Å². The van der Waals surface area contributed by atoms with Crippen LogP contribution in [0.25, 0.3) is 0 Å². The molecule has 3 rings (SSSR count). The number of amides is 2. The van der Waals surface area contributed by atoms with Gasteiger partial charge in [-0.15, -0.1) is 0 Å². The number of hydrogen-bond donors (Lipinski definition) is 2. The summed E-state index contributed by atoms with van der Waals surface area (Å²) in [5.41, 5.74) is 2.14. The zero-order chi connectivity index (χ0) is 18.5. The van der Waals surface area contributed by atoms with E-state index in [2.05, 4.69) is 22.5 Å². The molecule has 1 fully saturated rings. The van der Waals surface area contributed by atoms with Gasteiger partial charge in [0.15, 0.2) is 0 Å². The van der Waals surface area contributed by atoms with Crippen LogP contribution in [0.5, 0.6) is 0 Å². The molecule has 1 aliphatic heterocycles. The number of rotatable bonds is 4. The SMILES string of the molecule is CC(=O)Nc1cccc(Nc2ccc(C(=O)N3CCC(C)CC3)cn2)c1. The fourth-order valence-electron chi connectivity index (χ4n) is 3.01. The topological polar surface area (TPSA) is 74.3 Å². The highest BCUT2D eigenvalue weighted by atomic mass is 16.2. The smallest absolute Gasteiger partial charge is 0.255 e. The van der Waals surface area contributed by atoms with Gasteiger partial charge in [0.2, 0.25) is 5.91 Å². The molecule has 1 saturated heterocycles. The molecule has 1 aromatic carbocycles. The molecule has 0 aliphatic carbocycles. The average molecular weight is 352 g/mol. The summed E-state index contributed by atoms with van der Waals surface area (Å²) in [4.78, 5) is 30.0. The second kappa shape index (κ2) is 7.99. The van der Waals surface area contributed by atoms with Gasteiger partial charge in [0, 0.05) is 37.6 Å². The van der Waals surface area contributed by atoms with Crippen molar-refractivity contribution in [3.63, 3.8) is 0 Å². The van der Waals surface area contributed by atoms with Crippen LogP contribution in [0.2, 0.25) is 0 Å². The third-order valence-electron chi connectivity index (χ3n) is 4.54. The van der Waals surface area contributed by atoms with Crippen LogP contribution in [-0.4, -0.2) is 34.8 Å². The maximum Gasteiger partial charge on any atom is 0.255 e. The highest BCUT2D eigenvalue weighted by Gasteiger charge is 2.21. The van der Waals surface area contributed by atoms with E-state index in [9.17, 15) is 9.59 Å². The van der Waals surface area contributed by atoms with E-state index in [0.29, 0.717) is 23.0 Å². The molecule has 0 saturated carbocycles. The van der Waals surface area contributed by atoms with Crippen molar-refractivity contribution in [2.24, 2.45) is 5.92 Å². The molecular weight excluding hydrogens is 328 g/mol. The van der Waals surface area contributed by atoms with Crippen molar-refractivity contribution in [2.45, 2.75) is 26.7 Å². The zero-order valence-electron chi connectivity index (χ0n) is 15.2. The Balaban J connectivity index is 1.64. The number of aromatic nitrogens is 1. The van der Waals surface area contributed by atoms with Crippen LogP contribution in [0.1, 0.15) is 37.0 Å². The Bertz CT molecular complexity index is 781. The van der Waals surface area contributed by atoms with Gasteiger partial charge in [0.05, 0.1) is 5.56 Å². The Kier molecular flexibility index (Phi) is 5.51. The summed E-state index contributed by atoms with van der Waals surface area (Å²) in [5.74, 6) is 1.27. The van der Waals surface area contributed by atoms with Crippen LogP contribution in [0, 0.1) is 5.92 Å². The van der Waals surface area contributed by atoms with Gasteiger partial charge in [-0.1, -0.05) is 13.0 Å². The summed E-state index contributed by atoms with van der Waals surface area (Å²) in [7, 11) is 0. The lowest BCUT2D eigenvalue weighted by molar-refractivity contribution is -0.114. The molecule has 0 unspecified atom stereocenters. The Hall–Kier alpha value is -2.89. The normalized spacial score (nSPS) is 14.8. The van der Waals surface area contributed by atoms with E-state index in [4.69, 9.17) is 0 Å². The average Bonchev–Trinajstić information content (AvgIpc) is 2.62. The number of anilines is 3. The highest BCUT2D eigenvalue weighted by molar-refractivity contribution is 5.94. The lowest BCUT2D eigenvalue weighted by atomic mass is 9.99. The number of carbonyl (C=O) groups excluding carboxylic acids is 2. The number of likely N-dealkylation sites (tertiary alicyclic amines) is 1. The van der Waals surface area contributed by atoms with Gasteiger partial charge in [-0.3, -0.25) is 9.59 Å². The van der Waals surface area contributed by atoms with Crippen molar-refractivity contribution in [2.75, 3.05) is 23.7 Å². The minimum Gasteiger partial charge on any atom is -0.340 e. The number of nitrogens with zero attached hydrogens (tertiary/aromatic N) is 2.